The molecule has 0 heteroatoms. The van der Waals surface area contributed by atoms with Crippen LogP contribution in [0.2, 0.25) is 0 Å². The van der Waals surface area contributed by atoms with E-state index in [1.165, 1.54) is 28.7 Å². The molecule has 0 spiro atoms. The second-order valence-electron chi connectivity index (χ2n) is 5.45. The van der Waals surface area contributed by atoms with Crippen molar-refractivity contribution in [3.63, 3.8) is 0 Å². The Morgan fingerprint density at radius 3 is 2.53 bits per heavy atom. The molecule has 0 N–H and O–H groups in total. The van der Waals surface area contributed by atoms with Crippen molar-refractivity contribution in [1.82, 2.24) is 0 Å². The minimum atomic E-state index is 0.691. The number of allylic oxidation sites excluding steroid dienone is 1. The van der Waals surface area contributed by atoms with E-state index in [1.807, 2.05) is 0 Å². The topological polar surface area (TPSA) is 0 Å². The van der Waals surface area contributed by atoms with E-state index in [2.05, 4.69) is 68.5 Å². The normalized spacial score (nSPS) is 14.9. The third-order valence-electron chi connectivity index (χ3n) is 4.25. The van der Waals surface area contributed by atoms with Gasteiger partial charge >= 0.3 is 0 Å². The summed E-state index contributed by atoms with van der Waals surface area (Å²) in [5, 5.41) is 0. The lowest BCUT2D eigenvalue weighted by atomic mass is 9.96. The van der Waals surface area contributed by atoms with Crippen molar-refractivity contribution in [1.29, 1.82) is 0 Å². The molecule has 19 heavy (non-hydrogen) atoms. The summed E-state index contributed by atoms with van der Waals surface area (Å²) in [6.07, 6.45) is 4.78. The Hall–Kier alpha value is -1.82. The van der Waals surface area contributed by atoms with Crippen molar-refractivity contribution >= 4 is 6.08 Å². The summed E-state index contributed by atoms with van der Waals surface area (Å²) in [7, 11) is 0. The number of benzene rings is 2. The third-order valence-corrected chi connectivity index (χ3v) is 4.25. The largest absolute Gasteiger partial charge is 0.0648 e. The zero-order valence-electron chi connectivity index (χ0n) is 11.7. The molecule has 0 bridgehead atoms. The van der Waals surface area contributed by atoms with Gasteiger partial charge in [0.25, 0.3) is 0 Å². The molecule has 2 aromatic rings. The third kappa shape index (κ3) is 2.23. The molecule has 0 aromatic heterocycles. The van der Waals surface area contributed by atoms with Crippen LogP contribution in [-0.2, 0) is 6.42 Å². The van der Waals surface area contributed by atoms with Gasteiger partial charge in [-0.2, -0.15) is 0 Å². The van der Waals surface area contributed by atoms with Crippen molar-refractivity contribution < 1.29 is 0 Å². The Kier molecular flexibility index (Phi) is 3.25. The van der Waals surface area contributed by atoms with Crippen molar-refractivity contribution in [2.75, 3.05) is 0 Å². The fraction of sp³-hybridized carbons (Fsp3) is 0.263. The summed E-state index contributed by atoms with van der Waals surface area (Å²) in [6.45, 7) is 4.60. The van der Waals surface area contributed by atoms with Crippen molar-refractivity contribution in [3.05, 3.63) is 65.2 Å². The van der Waals surface area contributed by atoms with Gasteiger partial charge in [-0.25, -0.2) is 0 Å². The lowest BCUT2D eigenvalue weighted by Crippen LogP contribution is -1.96. The molecule has 1 aliphatic rings. The van der Waals surface area contributed by atoms with Crippen LogP contribution in [0.15, 0.2) is 54.1 Å². The van der Waals surface area contributed by atoms with Gasteiger partial charge < -0.3 is 0 Å². The highest BCUT2D eigenvalue weighted by Gasteiger charge is 2.19. The van der Waals surface area contributed by atoms with Gasteiger partial charge in [-0.05, 0) is 41.0 Å². The summed E-state index contributed by atoms with van der Waals surface area (Å²) >= 11 is 0. The minimum Gasteiger partial charge on any atom is -0.0648 e. The van der Waals surface area contributed by atoms with E-state index in [4.69, 9.17) is 0 Å². The zero-order chi connectivity index (χ0) is 13.2. The van der Waals surface area contributed by atoms with Crippen LogP contribution in [-0.4, -0.2) is 0 Å². The van der Waals surface area contributed by atoms with E-state index < -0.39 is 0 Å². The Bertz CT molecular complexity index is 605. The molecule has 96 valence electrons. The molecule has 0 nitrogen and oxygen atoms in total. The molecule has 0 amide bonds. The molecular weight excluding hydrogens is 228 g/mol. The number of fused-ring (bicyclic) bond motifs is 1. The molecule has 1 unspecified atom stereocenters. The number of rotatable bonds is 3. The number of hydrogen-bond acceptors (Lipinski definition) is 0. The summed E-state index contributed by atoms with van der Waals surface area (Å²) in [5.41, 5.74) is 7.19. The summed E-state index contributed by atoms with van der Waals surface area (Å²) in [6, 6.07) is 17.4. The van der Waals surface area contributed by atoms with E-state index >= 15 is 0 Å². The van der Waals surface area contributed by atoms with Crippen LogP contribution in [0, 0.1) is 5.92 Å². The maximum absolute atomic E-state index is 2.42. The Morgan fingerprint density at radius 1 is 1.00 bits per heavy atom. The average Bonchev–Trinajstić information content (AvgIpc) is 2.91. The van der Waals surface area contributed by atoms with Gasteiger partial charge in [0.15, 0.2) is 0 Å². The minimum absolute atomic E-state index is 0.691. The lowest BCUT2D eigenvalue weighted by Gasteiger charge is -2.08. The molecule has 0 radical (unpaired) electrons. The van der Waals surface area contributed by atoms with Gasteiger partial charge in [0.1, 0.15) is 0 Å². The van der Waals surface area contributed by atoms with Crippen molar-refractivity contribution in [2.45, 2.75) is 26.7 Å². The first-order valence-electron chi connectivity index (χ1n) is 7.17. The maximum Gasteiger partial charge on any atom is -0.00549 e. The number of hydrogen-bond donors (Lipinski definition) is 0. The monoisotopic (exact) mass is 248 g/mol. The molecule has 3 rings (SSSR count). The molecule has 0 saturated heterocycles. The highest BCUT2D eigenvalue weighted by atomic mass is 14.2. The van der Waals surface area contributed by atoms with Crippen LogP contribution in [0.1, 0.15) is 31.4 Å². The highest BCUT2D eigenvalue weighted by molar-refractivity contribution is 5.80. The lowest BCUT2D eigenvalue weighted by molar-refractivity contribution is 0.647. The molecule has 0 aliphatic heterocycles. The van der Waals surface area contributed by atoms with Gasteiger partial charge in [-0.1, -0.05) is 74.0 Å². The summed E-state index contributed by atoms with van der Waals surface area (Å²) in [4.78, 5) is 0. The quantitative estimate of drug-likeness (QED) is 0.688. The predicted molar refractivity (Wildman–Crippen MR) is 83.0 cm³/mol. The second-order valence-corrected chi connectivity index (χ2v) is 5.45. The van der Waals surface area contributed by atoms with E-state index in [1.54, 1.807) is 5.57 Å². The highest BCUT2D eigenvalue weighted by Crippen LogP contribution is 2.36. The second kappa shape index (κ2) is 5.05. The van der Waals surface area contributed by atoms with E-state index in [9.17, 15) is 0 Å². The molecule has 0 saturated carbocycles. The maximum atomic E-state index is 2.42. The van der Waals surface area contributed by atoms with Crippen LogP contribution in [0.3, 0.4) is 0 Å². The fourth-order valence-electron chi connectivity index (χ4n) is 2.84. The van der Waals surface area contributed by atoms with Gasteiger partial charge in [-0.15, -0.1) is 0 Å². The first kappa shape index (κ1) is 12.2. The standard InChI is InChI=1S/C19H20/c1-3-14(2)17-12-16-10-7-11-18(19(16)13-17)15-8-5-4-6-9-15/h4-11,13-14H,3,12H2,1-2H3. The molecular formula is C19H20. The Morgan fingerprint density at radius 2 is 1.79 bits per heavy atom. The van der Waals surface area contributed by atoms with E-state index in [-0.39, 0.29) is 0 Å². The first-order chi connectivity index (χ1) is 9.29. The predicted octanol–water partition coefficient (Wildman–Crippen LogP) is 5.34. The van der Waals surface area contributed by atoms with Gasteiger partial charge in [-0.3, -0.25) is 0 Å². The van der Waals surface area contributed by atoms with E-state index in [0.29, 0.717) is 5.92 Å². The summed E-state index contributed by atoms with van der Waals surface area (Å²) < 4.78 is 0. The summed E-state index contributed by atoms with van der Waals surface area (Å²) in [5.74, 6) is 0.691. The van der Waals surface area contributed by atoms with E-state index in [0.717, 1.165) is 6.42 Å². The fourth-order valence-corrected chi connectivity index (χ4v) is 2.84. The van der Waals surface area contributed by atoms with Crippen LogP contribution < -0.4 is 0 Å². The zero-order valence-corrected chi connectivity index (χ0v) is 11.7. The SMILES string of the molecule is CCC(C)C1=Cc2c(cccc2-c2ccccc2)C1. The smallest absolute Gasteiger partial charge is 0.00549 e. The van der Waals surface area contributed by atoms with Crippen LogP contribution in [0.5, 0.6) is 0 Å². The molecule has 0 heterocycles. The van der Waals surface area contributed by atoms with Crippen LogP contribution >= 0.6 is 0 Å². The average molecular weight is 248 g/mol. The van der Waals surface area contributed by atoms with Crippen molar-refractivity contribution in [2.24, 2.45) is 5.92 Å². The Balaban J connectivity index is 2.07. The van der Waals surface area contributed by atoms with Gasteiger partial charge in [0, 0.05) is 0 Å². The molecule has 0 fully saturated rings. The van der Waals surface area contributed by atoms with Crippen molar-refractivity contribution in [3.8, 4) is 11.1 Å². The van der Waals surface area contributed by atoms with Crippen LogP contribution in [0.25, 0.3) is 17.2 Å². The first-order valence-corrected chi connectivity index (χ1v) is 7.17. The molecule has 2 aromatic carbocycles. The van der Waals surface area contributed by atoms with Gasteiger partial charge in [0.05, 0.1) is 0 Å². The van der Waals surface area contributed by atoms with Gasteiger partial charge in [0.2, 0.25) is 0 Å². The molecule has 1 atom stereocenters. The van der Waals surface area contributed by atoms with Crippen LogP contribution in [0.4, 0.5) is 0 Å². The Labute approximate surface area is 115 Å². The molecule has 1 aliphatic carbocycles.